The van der Waals surface area contributed by atoms with Crippen LogP contribution in [0.3, 0.4) is 0 Å². The Balaban J connectivity index is 1.52. The van der Waals surface area contributed by atoms with Crippen molar-refractivity contribution in [3.05, 3.63) is 23.8 Å². The van der Waals surface area contributed by atoms with Crippen LogP contribution in [0.15, 0.2) is 23.8 Å². The van der Waals surface area contributed by atoms with E-state index in [4.69, 9.17) is 14.4 Å². The molecule has 8 atom stereocenters. The second-order valence-electron chi connectivity index (χ2n) is 11.5. The molecule has 192 valence electrons. The van der Waals surface area contributed by atoms with Gasteiger partial charge in [0.15, 0.2) is 18.0 Å². The zero-order chi connectivity index (χ0) is 25.2. The van der Waals surface area contributed by atoms with Crippen molar-refractivity contribution in [1.29, 1.82) is 0 Å². The molecule has 6 unspecified atom stereocenters. The molecule has 3 saturated carbocycles. The van der Waals surface area contributed by atoms with Crippen molar-refractivity contribution < 1.29 is 33.9 Å². The van der Waals surface area contributed by atoms with E-state index in [9.17, 15) is 19.5 Å². The first-order valence-corrected chi connectivity index (χ1v) is 13.0. The van der Waals surface area contributed by atoms with Gasteiger partial charge in [-0.3, -0.25) is 24.1 Å². The fourth-order valence-electron chi connectivity index (χ4n) is 8.11. The highest BCUT2D eigenvalue weighted by Crippen LogP contribution is 2.69. The van der Waals surface area contributed by atoms with Gasteiger partial charge >= 0.3 is 5.97 Å². The molecule has 0 aromatic heterocycles. The summed E-state index contributed by atoms with van der Waals surface area (Å²) >= 11 is 0. The molecular weight excluding hydrogens is 450 g/mol. The molecule has 5 rings (SSSR count). The van der Waals surface area contributed by atoms with Gasteiger partial charge in [-0.1, -0.05) is 44.1 Å². The molecule has 8 heteroatoms. The molecule has 1 saturated heterocycles. The van der Waals surface area contributed by atoms with Crippen LogP contribution < -0.4 is 0 Å². The van der Waals surface area contributed by atoms with Crippen LogP contribution in [0.5, 0.6) is 0 Å². The van der Waals surface area contributed by atoms with Crippen molar-refractivity contribution in [3.63, 3.8) is 0 Å². The zero-order valence-corrected chi connectivity index (χ0v) is 21.1. The molecule has 0 amide bonds. The van der Waals surface area contributed by atoms with Crippen LogP contribution in [0.4, 0.5) is 0 Å². The minimum absolute atomic E-state index is 0.00505. The van der Waals surface area contributed by atoms with Gasteiger partial charge in [0.25, 0.3) is 0 Å². The van der Waals surface area contributed by atoms with Gasteiger partial charge in [-0.2, -0.15) is 0 Å². The van der Waals surface area contributed by atoms with Gasteiger partial charge in [-0.05, 0) is 56.1 Å². The van der Waals surface area contributed by atoms with E-state index in [0.717, 1.165) is 31.3 Å². The summed E-state index contributed by atoms with van der Waals surface area (Å²) < 4.78 is 5.14. The van der Waals surface area contributed by atoms with Crippen LogP contribution in [0.2, 0.25) is 0 Å². The van der Waals surface area contributed by atoms with Gasteiger partial charge in [0, 0.05) is 23.7 Å². The van der Waals surface area contributed by atoms with E-state index in [-0.39, 0.29) is 41.3 Å². The fourth-order valence-corrected chi connectivity index (χ4v) is 8.11. The van der Waals surface area contributed by atoms with Crippen molar-refractivity contribution in [1.82, 2.24) is 5.23 Å². The van der Waals surface area contributed by atoms with Crippen molar-refractivity contribution in [3.8, 4) is 0 Å². The van der Waals surface area contributed by atoms with E-state index in [1.807, 2.05) is 13.0 Å². The Morgan fingerprint density at radius 3 is 2.80 bits per heavy atom. The number of unbranched alkanes of at least 4 members (excludes halogenated alkanes) is 1. The highest BCUT2D eigenvalue weighted by molar-refractivity contribution is 6.01. The molecule has 4 fully saturated rings. The highest BCUT2D eigenvalue weighted by atomic mass is 17.0. The third-order valence-corrected chi connectivity index (χ3v) is 9.66. The molecule has 0 bridgehead atoms. The number of fused-ring (bicyclic) bond motifs is 7. The number of ether oxygens (including phenoxy) is 1. The number of Topliss-reactive ketones (excluding diaryl/α,β-unsaturated/α-hetero) is 1. The molecule has 0 radical (unpaired) electrons. The molecule has 1 aliphatic heterocycles. The summed E-state index contributed by atoms with van der Waals surface area (Å²) in [6.45, 7) is 7.69. The van der Waals surface area contributed by atoms with E-state index < -0.39 is 29.2 Å². The lowest BCUT2D eigenvalue weighted by atomic mass is 9.46. The van der Waals surface area contributed by atoms with Gasteiger partial charge in [0.2, 0.25) is 5.78 Å². The molecular formula is C27H37NO7. The average molecular weight is 488 g/mol. The smallest absolute Gasteiger partial charge is 0.303 e. The van der Waals surface area contributed by atoms with Crippen LogP contribution in [-0.4, -0.2) is 58.8 Å². The standard InChI is InChI=1S/C27H37NO7/c1-5-6-11-28-34-23-13-20-19-8-7-17-12-18(30)9-10-25(17,3)24(19)21(31)14-26(20,4)27(23,35-28)22(32)15-33-16(2)29/h9-10,12,19-21,23-24,31H,5-8,11,13-15H2,1-4H3/t19?,20?,21?,23?,24?,25-,26-,27?/m0/s1. The summed E-state index contributed by atoms with van der Waals surface area (Å²) in [6.07, 6.45) is 8.59. The second-order valence-corrected chi connectivity index (χ2v) is 11.5. The predicted molar refractivity (Wildman–Crippen MR) is 125 cm³/mol. The molecule has 1 N–H and O–H groups in total. The lowest BCUT2D eigenvalue weighted by molar-refractivity contribution is -0.343. The third kappa shape index (κ3) is 3.51. The van der Waals surface area contributed by atoms with Crippen LogP contribution in [0.1, 0.15) is 66.2 Å². The summed E-state index contributed by atoms with van der Waals surface area (Å²) in [6, 6.07) is 0. The molecule has 0 aromatic rings. The normalized spacial score (nSPS) is 44.2. The van der Waals surface area contributed by atoms with Gasteiger partial charge in [-0.25, -0.2) is 0 Å². The number of ketones is 2. The van der Waals surface area contributed by atoms with Gasteiger partial charge in [0.05, 0.1) is 12.6 Å². The monoisotopic (exact) mass is 487 g/mol. The Morgan fingerprint density at radius 1 is 1.31 bits per heavy atom. The van der Waals surface area contributed by atoms with Crippen LogP contribution >= 0.6 is 0 Å². The number of esters is 1. The number of rotatable bonds is 6. The first-order valence-electron chi connectivity index (χ1n) is 13.0. The molecule has 5 aliphatic rings. The maximum Gasteiger partial charge on any atom is 0.303 e. The summed E-state index contributed by atoms with van der Waals surface area (Å²) in [5, 5.41) is 13.1. The van der Waals surface area contributed by atoms with Gasteiger partial charge in [-0.15, -0.1) is 0 Å². The topological polar surface area (TPSA) is 102 Å². The largest absolute Gasteiger partial charge is 0.458 e. The number of carbonyl (C=O) groups is 3. The Hall–Kier alpha value is -1.87. The number of nitrogens with zero attached hydrogens (tertiary/aromatic N) is 1. The van der Waals surface area contributed by atoms with Crippen LogP contribution in [0, 0.1) is 28.6 Å². The molecule has 0 spiro atoms. The number of hydrogen-bond donors (Lipinski definition) is 1. The van der Waals surface area contributed by atoms with E-state index in [1.54, 1.807) is 12.2 Å². The van der Waals surface area contributed by atoms with Crippen LogP contribution in [-0.2, 0) is 28.8 Å². The molecule has 4 aliphatic carbocycles. The van der Waals surface area contributed by atoms with Crippen molar-refractivity contribution in [2.75, 3.05) is 13.2 Å². The summed E-state index contributed by atoms with van der Waals surface area (Å²) in [7, 11) is 0. The summed E-state index contributed by atoms with van der Waals surface area (Å²) in [5.74, 6) is -0.650. The highest BCUT2D eigenvalue weighted by Gasteiger charge is 2.76. The van der Waals surface area contributed by atoms with Crippen molar-refractivity contribution in [2.24, 2.45) is 28.6 Å². The minimum Gasteiger partial charge on any atom is -0.458 e. The Bertz CT molecular complexity index is 990. The third-order valence-electron chi connectivity index (χ3n) is 9.66. The number of hydrogen-bond acceptors (Lipinski definition) is 8. The number of hydroxylamine groups is 2. The Labute approximate surface area is 206 Å². The van der Waals surface area contributed by atoms with E-state index in [1.165, 1.54) is 12.2 Å². The van der Waals surface area contributed by atoms with E-state index in [2.05, 4.69) is 13.8 Å². The summed E-state index contributed by atoms with van der Waals surface area (Å²) in [5.41, 5.74) is -1.31. The maximum absolute atomic E-state index is 13.8. The average Bonchev–Trinajstić information content (AvgIpc) is 3.28. The molecule has 8 nitrogen and oxygen atoms in total. The maximum atomic E-state index is 13.8. The molecule has 0 aromatic carbocycles. The summed E-state index contributed by atoms with van der Waals surface area (Å²) in [4.78, 5) is 50.0. The fraction of sp³-hybridized carbons (Fsp3) is 0.741. The number of carbonyl (C=O) groups excluding carboxylic acids is 3. The number of allylic oxidation sites excluding steroid dienone is 4. The Morgan fingerprint density at radius 2 is 2.09 bits per heavy atom. The first kappa shape index (κ1) is 24.8. The molecule has 1 heterocycles. The second kappa shape index (κ2) is 8.61. The first-order chi connectivity index (χ1) is 16.6. The van der Waals surface area contributed by atoms with Crippen LogP contribution in [0.25, 0.3) is 0 Å². The van der Waals surface area contributed by atoms with Crippen molar-refractivity contribution >= 4 is 17.5 Å². The van der Waals surface area contributed by atoms with E-state index >= 15 is 0 Å². The lowest BCUT2D eigenvalue weighted by Crippen LogP contribution is -2.63. The quantitative estimate of drug-likeness (QED) is 0.571. The van der Waals surface area contributed by atoms with Crippen molar-refractivity contribution in [2.45, 2.75) is 84.0 Å². The SMILES string of the molecule is CCCCN1OC2CC3C4CCC5=CC(=O)C=C[C@]5(C)C4C(O)C[C@]3(C)C2(C(=O)COC(C)=O)O1. The lowest BCUT2D eigenvalue weighted by Gasteiger charge is -2.59. The van der Waals surface area contributed by atoms with E-state index in [0.29, 0.717) is 19.4 Å². The Kier molecular flexibility index (Phi) is 6.10. The number of aliphatic hydroxyl groups is 1. The van der Waals surface area contributed by atoms with Gasteiger partial charge in [0.1, 0.15) is 6.10 Å². The minimum atomic E-state index is -1.32. The molecule has 35 heavy (non-hydrogen) atoms. The zero-order valence-electron chi connectivity index (χ0n) is 21.1. The number of aliphatic hydroxyl groups excluding tert-OH is 1. The van der Waals surface area contributed by atoms with Gasteiger partial charge < -0.3 is 9.84 Å². The predicted octanol–water partition coefficient (Wildman–Crippen LogP) is 3.09.